The van der Waals surface area contributed by atoms with Crippen LogP contribution in [0, 0.1) is 5.92 Å². The molecule has 19 heavy (non-hydrogen) atoms. The SMILES string of the molecule is COCCN(CC(=O)O)C(=O)N(CC1CC1)C1CC1. The molecule has 0 aliphatic heterocycles. The molecule has 2 saturated carbocycles. The third kappa shape index (κ3) is 4.38. The van der Waals surface area contributed by atoms with Crippen LogP contribution >= 0.6 is 0 Å². The van der Waals surface area contributed by atoms with Gasteiger partial charge in [0.15, 0.2) is 0 Å². The Labute approximate surface area is 113 Å². The van der Waals surface area contributed by atoms with Gasteiger partial charge in [0.1, 0.15) is 6.54 Å². The second-order valence-corrected chi connectivity index (χ2v) is 5.42. The van der Waals surface area contributed by atoms with Gasteiger partial charge in [-0.2, -0.15) is 0 Å². The van der Waals surface area contributed by atoms with E-state index in [4.69, 9.17) is 9.84 Å². The van der Waals surface area contributed by atoms with Crippen LogP contribution in [0.15, 0.2) is 0 Å². The third-order valence-corrected chi connectivity index (χ3v) is 3.55. The second-order valence-electron chi connectivity index (χ2n) is 5.42. The molecule has 1 N–H and O–H groups in total. The average Bonchev–Trinajstić information content (AvgIpc) is 3.23. The summed E-state index contributed by atoms with van der Waals surface area (Å²) in [6.45, 7) is 1.22. The van der Waals surface area contributed by atoms with Crippen molar-refractivity contribution < 1.29 is 19.4 Å². The van der Waals surface area contributed by atoms with Gasteiger partial charge in [-0.25, -0.2) is 4.79 Å². The number of aliphatic carboxylic acids is 1. The minimum Gasteiger partial charge on any atom is -0.480 e. The van der Waals surface area contributed by atoms with E-state index in [1.54, 1.807) is 7.11 Å². The standard InChI is InChI=1S/C13H22N2O4/c1-19-7-6-14(9-12(16)17)13(18)15(11-4-5-11)8-10-2-3-10/h10-11H,2-9H2,1H3,(H,16,17). The summed E-state index contributed by atoms with van der Waals surface area (Å²) in [5, 5.41) is 8.91. The number of ether oxygens (including phenoxy) is 1. The van der Waals surface area contributed by atoms with Gasteiger partial charge in [-0.15, -0.1) is 0 Å². The number of urea groups is 1. The number of carbonyl (C=O) groups excluding carboxylic acids is 1. The molecule has 0 spiro atoms. The lowest BCUT2D eigenvalue weighted by atomic mass is 10.3. The van der Waals surface area contributed by atoms with Crippen LogP contribution in [0.2, 0.25) is 0 Å². The van der Waals surface area contributed by atoms with Gasteiger partial charge >= 0.3 is 12.0 Å². The molecule has 0 atom stereocenters. The van der Waals surface area contributed by atoms with Crippen molar-refractivity contribution in [2.75, 3.05) is 33.4 Å². The molecular formula is C13H22N2O4. The van der Waals surface area contributed by atoms with Crippen molar-refractivity contribution >= 4 is 12.0 Å². The van der Waals surface area contributed by atoms with Crippen molar-refractivity contribution in [2.24, 2.45) is 5.92 Å². The Hall–Kier alpha value is -1.30. The van der Waals surface area contributed by atoms with E-state index in [0.29, 0.717) is 25.1 Å². The number of nitrogens with zero attached hydrogens (tertiary/aromatic N) is 2. The Morgan fingerprint density at radius 2 is 1.95 bits per heavy atom. The highest BCUT2D eigenvalue weighted by molar-refractivity contribution is 5.80. The van der Waals surface area contributed by atoms with E-state index in [0.717, 1.165) is 19.4 Å². The van der Waals surface area contributed by atoms with Gasteiger partial charge in [0.05, 0.1) is 6.61 Å². The largest absolute Gasteiger partial charge is 0.480 e. The lowest BCUT2D eigenvalue weighted by Crippen LogP contribution is -2.48. The first-order chi connectivity index (χ1) is 9.11. The van der Waals surface area contributed by atoms with Gasteiger partial charge in [0.25, 0.3) is 0 Å². The molecular weight excluding hydrogens is 248 g/mol. The van der Waals surface area contributed by atoms with Crippen LogP contribution in [-0.4, -0.2) is 66.3 Å². The summed E-state index contributed by atoms with van der Waals surface area (Å²) in [5.74, 6) is -0.356. The van der Waals surface area contributed by atoms with E-state index in [-0.39, 0.29) is 12.6 Å². The number of hydrogen-bond donors (Lipinski definition) is 1. The molecule has 108 valence electrons. The number of rotatable bonds is 8. The van der Waals surface area contributed by atoms with Crippen LogP contribution in [-0.2, 0) is 9.53 Å². The predicted molar refractivity (Wildman–Crippen MR) is 68.9 cm³/mol. The fourth-order valence-corrected chi connectivity index (χ4v) is 2.14. The zero-order chi connectivity index (χ0) is 13.8. The Morgan fingerprint density at radius 1 is 1.26 bits per heavy atom. The van der Waals surface area contributed by atoms with Crippen LogP contribution in [0.3, 0.4) is 0 Å². The number of methoxy groups -OCH3 is 1. The van der Waals surface area contributed by atoms with Gasteiger partial charge in [-0.1, -0.05) is 0 Å². The van der Waals surface area contributed by atoms with Crippen LogP contribution in [0.4, 0.5) is 4.79 Å². The topological polar surface area (TPSA) is 70.1 Å². The summed E-state index contributed by atoms with van der Waals surface area (Å²) < 4.78 is 4.95. The van der Waals surface area contributed by atoms with Crippen LogP contribution < -0.4 is 0 Å². The summed E-state index contributed by atoms with van der Waals surface area (Å²) in [4.78, 5) is 26.6. The van der Waals surface area contributed by atoms with Gasteiger partial charge in [0.2, 0.25) is 0 Å². The van der Waals surface area contributed by atoms with Gasteiger partial charge in [0, 0.05) is 26.2 Å². The molecule has 0 radical (unpaired) electrons. The highest BCUT2D eigenvalue weighted by Crippen LogP contribution is 2.35. The van der Waals surface area contributed by atoms with E-state index >= 15 is 0 Å². The number of carboxylic acids is 1. The van der Waals surface area contributed by atoms with Gasteiger partial charge < -0.3 is 19.6 Å². The molecule has 6 heteroatoms. The van der Waals surface area contributed by atoms with E-state index in [9.17, 15) is 9.59 Å². The molecule has 0 aromatic carbocycles. The number of amides is 2. The maximum atomic E-state index is 12.5. The monoisotopic (exact) mass is 270 g/mol. The van der Waals surface area contributed by atoms with E-state index in [1.807, 2.05) is 4.90 Å². The Bertz CT molecular complexity index is 340. The number of carbonyl (C=O) groups is 2. The first-order valence-electron chi connectivity index (χ1n) is 6.88. The molecule has 0 unspecified atom stereocenters. The van der Waals surface area contributed by atoms with Gasteiger partial charge in [-0.05, 0) is 31.6 Å². The zero-order valence-corrected chi connectivity index (χ0v) is 11.4. The Morgan fingerprint density at radius 3 is 2.42 bits per heavy atom. The molecule has 2 fully saturated rings. The van der Waals surface area contributed by atoms with E-state index < -0.39 is 5.97 Å². The lowest BCUT2D eigenvalue weighted by Gasteiger charge is -2.29. The normalized spacial score (nSPS) is 18.2. The summed E-state index contributed by atoms with van der Waals surface area (Å²) in [5.41, 5.74) is 0. The Kier molecular flexibility index (Phi) is 4.63. The van der Waals surface area contributed by atoms with Crippen molar-refractivity contribution in [3.63, 3.8) is 0 Å². The van der Waals surface area contributed by atoms with E-state index in [1.165, 1.54) is 17.7 Å². The maximum Gasteiger partial charge on any atom is 0.323 e. The number of carboxylic acid groups (broad SMARTS) is 1. The minimum atomic E-state index is -0.980. The summed E-state index contributed by atoms with van der Waals surface area (Å²) in [6, 6.07) is 0.181. The molecule has 2 aliphatic rings. The van der Waals surface area contributed by atoms with Crippen LogP contribution in [0.5, 0.6) is 0 Å². The minimum absolute atomic E-state index is 0.145. The summed E-state index contributed by atoms with van der Waals surface area (Å²) >= 11 is 0. The molecule has 0 bridgehead atoms. The van der Waals surface area contributed by atoms with Crippen LogP contribution in [0.25, 0.3) is 0 Å². The first kappa shape index (κ1) is 14.1. The molecule has 0 aromatic rings. The summed E-state index contributed by atoms with van der Waals surface area (Å²) in [6.07, 6.45) is 4.47. The summed E-state index contributed by atoms with van der Waals surface area (Å²) in [7, 11) is 1.55. The van der Waals surface area contributed by atoms with E-state index in [2.05, 4.69) is 0 Å². The quantitative estimate of drug-likeness (QED) is 0.714. The molecule has 0 aromatic heterocycles. The molecule has 6 nitrogen and oxygen atoms in total. The van der Waals surface area contributed by atoms with Crippen molar-refractivity contribution in [1.82, 2.24) is 9.80 Å². The first-order valence-corrected chi connectivity index (χ1v) is 6.88. The third-order valence-electron chi connectivity index (χ3n) is 3.55. The molecule has 0 saturated heterocycles. The smallest absolute Gasteiger partial charge is 0.323 e. The molecule has 2 amide bonds. The fraction of sp³-hybridized carbons (Fsp3) is 0.846. The van der Waals surface area contributed by atoms with Gasteiger partial charge in [-0.3, -0.25) is 4.79 Å². The maximum absolute atomic E-state index is 12.5. The predicted octanol–water partition coefficient (Wildman–Crippen LogP) is 1.01. The van der Waals surface area contributed by atoms with Crippen molar-refractivity contribution in [2.45, 2.75) is 31.7 Å². The zero-order valence-electron chi connectivity index (χ0n) is 11.4. The highest BCUT2D eigenvalue weighted by Gasteiger charge is 2.38. The van der Waals surface area contributed by atoms with Crippen LogP contribution in [0.1, 0.15) is 25.7 Å². The van der Waals surface area contributed by atoms with Crippen molar-refractivity contribution in [3.05, 3.63) is 0 Å². The average molecular weight is 270 g/mol. The molecule has 2 aliphatic carbocycles. The number of hydrogen-bond acceptors (Lipinski definition) is 3. The molecule has 2 rings (SSSR count). The fourth-order valence-electron chi connectivity index (χ4n) is 2.14. The highest BCUT2D eigenvalue weighted by atomic mass is 16.5. The molecule has 0 heterocycles. The Balaban J connectivity index is 1.94. The van der Waals surface area contributed by atoms with Crippen molar-refractivity contribution in [1.29, 1.82) is 0 Å². The second kappa shape index (κ2) is 6.23. The lowest BCUT2D eigenvalue weighted by molar-refractivity contribution is -0.137. The van der Waals surface area contributed by atoms with Crippen molar-refractivity contribution in [3.8, 4) is 0 Å².